The lowest BCUT2D eigenvalue weighted by Crippen LogP contribution is -2.54. The number of hydrogen-bond acceptors (Lipinski definition) is 5. The minimum absolute atomic E-state index is 0.0673. The van der Waals surface area contributed by atoms with Crippen molar-refractivity contribution in [3.8, 4) is 0 Å². The van der Waals surface area contributed by atoms with Crippen LogP contribution in [-0.2, 0) is 20.7 Å². The zero-order valence-electron chi connectivity index (χ0n) is 14.4. The molecule has 3 aliphatic rings. The third-order valence-corrected chi connectivity index (χ3v) is 6.65. The summed E-state index contributed by atoms with van der Waals surface area (Å²) in [6.45, 7) is 9.55. The van der Waals surface area contributed by atoms with Crippen molar-refractivity contribution in [1.29, 1.82) is 0 Å². The lowest BCUT2D eigenvalue weighted by atomic mass is 9.53. The third-order valence-electron chi connectivity index (χ3n) is 6.65. The molecular weight excluding hydrogens is 308 g/mol. The summed E-state index contributed by atoms with van der Waals surface area (Å²) >= 11 is 0. The molecule has 0 aromatic carbocycles. The Morgan fingerprint density at radius 1 is 1.50 bits per heavy atom. The Morgan fingerprint density at radius 3 is 2.96 bits per heavy atom. The van der Waals surface area contributed by atoms with E-state index < -0.39 is 18.7 Å². The Morgan fingerprint density at radius 2 is 2.25 bits per heavy atom. The highest BCUT2D eigenvalue weighted by atomic mass is 16.6. The Balaban J connectivity index is 1.82. The summed E-state index contributed by atoms with van der Waals surface area (Å²) in [6.07, 6.45) is 4.30. The molecule has 1 saturated carbocycles. The summed E-state index contributed by atoms with van der Waals surface area (Å²) in [4.78, 5) is 12.4. The molecule has 130 valence electrons. The minimum Gasteiger partial charge on any atom is -0.469 e. The fourth-order valence-corrected chi connectivity index (χ4v) is 4.90. The van der Waals surface area contributed by atoms with Crippen LogP contribution >= 0.6 is 0 Å². The molecule has 5 unspecified atom stereocenters. The van der Waals surface area contributed by atoms with Crippen molar-refractivity contribution in [2.75, 3.05) is 6.61 Å². The van der Waals surface area contributed by atoms with E-state index in [4.69, 9.17) is 13.9 Å². The SMILES string of the molecule is C=C(CO)C(=O)OC1c2c(C)coc2CC23OC2CCC(C)C13C. The van der Waals surface area contributed by atoms with Crippen LogP contribution in [0.2, 0.25) is 0 Å². The first-order valence-electron chi connectivity index (χ1n) is 8.59. The lowest BCUT2D eigenvalue weighted by molar-refractivity contribution is -0.164. The van der Waals surface area contributed by atoms with E-state index in [-0.39, 0.29) is 22.7 Å². The maximum Gasteiger partial charge on any atom is 0.336 e. The second-order valence-electron chi connectivity index (χ2n) is 7.74. The molecule has 2 fully saturated rings. The molecule has 2 heterocycles. The van der Waals surface area contributed by atoms with Gasteiger partial charge < -0.3 is 19.0 Å². The van der Waals surface area contributed by atoms with E-state index in [0.29, 0.717) is 5.92 Å². The second kappa shape index (κ2) is 4.96. The molecule has 5 atom stereocenters. The standard InChI is InChI=1S/C19H24O5/c1-10(8-20)17(21)23-16-15-11(2)9-22-13(15)7-19-14(24-19)6-5-12(3)18(16,19)4/h9,12,14,16,20H,1,5-8H2,2-4H3. The van der Waals surface area contributed by atoms with Crippen molar-refractivity contribution in [1.82, 2.24) is 0 Å². The Kier molecular flexibility index (Phi) is 3.29. The van der Waals surface area contributed by atoms with Gasteiger partial charge in [-0.2, -0.15) is 0 Å². The fraction of sp³-hybridized carbons (Fsp3) is 0.632. The number of fused-ring (bicyclic) bond motifs is 1. The number of aryl methyl sites for hydroxylation is 1. The van der Waals surface area contributed by atoms with E-state index in [9.17, 15) is 9.90 Å². The van der Waals surface area contributed by atoms with Crippen LogP contribution in [0.5, 0.6) is 0 Å². The van der Waals surface area contributed by atoms with Crippen molar-refractivity contribution in [3.05, 3.63) is 35.3 Å². The van der Waals surface area contributed by atoms with Crippen LogP contribution in [0.25, 0.3) is 0 Å². The number of epoxide rings is 1. The summed E-state index contributed by atoms with van der Waals surface area (Å²) in [5.74, 6) is 0.648. The topological polar surface area (TPSA) is 72.2 Å². The Bertz CT molecular complexity index is 719. The zero-order chi connectivity index (χ0) is 17.3. The molecule has 0 radical (unpaired) electrons. The number of esters is 1. The zero-order valence-corrected chi connectivity index (χ0v) is 14.4. The number of carbonyl (C=O) groups excluding carboxylic acids is 1. The highest BCUT2D eigenvalue weighted by molar-refractivity contribution is 5.88. The molecule has 1 spiro atoms. The number of furan rings is 1. The number of aliphatic hydroxyl groups excluding tert-OH is 1. The molecule has 1 aromatic heterocycles. The van der Waals surface area contributed by atoms with Crippen molar-refractivity contribution < 1.29 is 23.8 Å². The molecule has 1 aromatic rings. The first kappa shape index (κ1) is 15.9. The number of aliphatic hydroxyl groups is 1. The highest BCUT2D eigenvalue weighted by Gasteiger charge is 2.75. The molecule has 5 heteroatoms. The first-order chi connectivity index (χ1) is 11.3. The lowest BCUT2D eigenvalue weighted by Gasteiger charge is -2.50. The predicted molar refractivity (Wildman–Crippen MR) is 86.3 cm³/mol. The number of carbonyl (C=O) groups is 1. The number of ether oxygens (including phenoxy) is 2. The van der Waals surface area contributed by atoms with Gasteiger partial charge in [0.1, 0.15) is 17.5 Å². The summed E-state index contributed by atoms with van der Waals surface area (Å²) < 4.78 is 17.9. The quantitative estimate of drug-likeness (QED) is 0.523. The maximum absolute atomic E-state index is 12.4. The minimum atomic E-state index is -0.553. The van der Waals surface area contributed by atoms with E-state index in [1.807, 2.05) is 6.92 Å². The molecule has 5 nitrogen and oxygen atoms in total. The van der Waals surface area contributed by atoms with Crippen LogP contribution < -0.4 is 0 Å². The summed E-state index contributed by atoms with van der Waals surface area (Å²) in [5.41, 5.74) is 1.39. The van der Waals surface area contributed by atoms with E-state index >= 15 is 0 Å². The van der Waals surface area contributed by atoms with Gasteiger partial charge in [-0.15, -0.1) is 0 Å². The van der Waals surface area contributed by atoms with Gasteiger partial charge in [-0.1, -0.05) is 20.4 Å². The van der Waals surface area contributed by atoms with Gasteiger partial charge in [-0.05, 0) is 31.2 Å². The van der Waals surface area contributed by atoms with Gasteiger partial charge in [0.2, 0.25) is 0 Å². The predicted octanol–water partition coefficient (Wildman–Crippen LogP) is 2.85. The Labute approximate surface area is 141 Å². The average molecular weight is 332 g/mol. The normalized spacial score (nSPS) is 39.4. The molecule has 1 aliphatic heterocycles. The van der Waals surface area contributed by atoms with Crippen LogP contribution in [-0.4, -0.2) is 29.4 Å². The van der Waals surface area contributed by atoms with Crippen LogP contribution in [0, 0.1) is 18.3 Å². The summed E-state index contributed by atoms with van der Waals surface area (Å²) in [6, 6.07) is 0. The van der Waals surface area contributed by atoms with Crippen molar-refractivity contribution >= 4 is 5.97 Å². The van der Waals surface area contributed by atoms with Crippen molar-refractivity contribution in [2.45, 2.75) is 57.8 Å². The fourth-order valence-electron chi connectivity index (χ4n) is 4.90. The largest absolute Gasteiger partial charge is 0.469 e. The average Bonchev–Trinajstić information content (AvgIpc) is 3.17. The maximum atomic E-state index is 12.4. The van der Waals surface area contributed by atoms with Gasteiger partial charge in [-0.25, -0.2) is 4.79 Å². The van der Waals surface area contributed by atoms with Gasteiger partial charge in [0, 0.05) is 17.4 Å². The van der Waals surface area contributed by atoms with Crippen LogP contribution in [0.1, 0.15) is 49.7 Å². The first-order valence-corrected chi connectivity index (χ1v) is 8.59. The number of hydrogen-bond donors (Lipinski definition) is 1. The van der Waals surface area contributed by atoms with Crippen molar-refractivity contribution in [3.63, 3.8) is 0 Å². The summed E-state index contributed by atoms with van der Waals surface area (Å²) in [5, 5.41) is 9.21. The van der Waals surface area contributed by atoms with Gasteiger partial charge in [0.05, 0.1) is 24.5 Å². The highest BCUT2D eigenvalue weighted by Crippen LogP contribution is 2.69. The second-order valence-corrected chi connectivity index (χ2v) is 7.74. The van der Waals surface area contributed by atoms with E-state index in [1.54, 1.807) is 6.26 Å². The Hall–Kier alpha value is -1.59. The van der Waals surface area contributed by atoms with Crippen LogP contribution in [0.4, 0.5) is 0 Å². The monoisotopic (exact) mass is 332 g/mol. The van der Waals surface area contributed by atoms with Gasteiger partial charge in [0.25, 0.3) is 0 Å². The van der Waals surface area contributed by atoms with Crippen LogP contribution in [0.15, 0.2) is 22.8 Å². The van der Waals surface area contributed by atoms with Crippen LogP contribution in [0.3, 0.4) is 0 Å². The van der Waals surface area contributed by atoms with Crippen molar-refractivity contribution in [2.24, 2.45) is 11.3 Å². The van der Waals surface area contributed by atoms with Gasteiger partial charge >= 0.3 is 5.97 Å². The van der Waals surface area contributed by atoms with E-state index in [2.05, 4.69) is 20.4 Å². The third kappa shape index (κ3) is 1.80. The smallest absolute Gasteiger partial charge is 0.336 e. The molecule has 0 bridgehead atoms. The molecule has 0 amide bonds. The molecule has 4 rings (SSSR count). The molecular formula is C19H24O5. The molecule has 1 N–H and O–H groups in total. The van der Waals surface area contributed by atoms with E-state index in [0.717, 1.165) is 36.1 Å². The number of rotatable bonds is 3. The molecule has 24 heavy (non-hydrogen) atoms. The van der Waals surface area contributed by atoms with E-state index in [1.165, 1.54) is 0 Å². The van der Waals surface area contributed by atoms with Gasteiger partial charge in [0.15, 0.2) is 0 Å². The van der Waals surface area contributed by atoms with Gasteiger partial charge in [-0.3, -0.25) is 0 Å². The summed E-state index contributed by atoms with van der Waals surface area (Å²) in [7, 11) is 0. The molecule has 1 saturated heterocycles. The molecule has 2 aliphatic carbocycles.